The summed E-state index contributed by atoms with van der Waals surface area (Å²) in [5.74, 6) is -2.30. The van der Waals surface area contributed by atoms with Gasteiger partial charge < -0.3 is 15.7 Å². The predicted molar refractivity (Wildman–Crippen MR) is 63.2 cm³/mol. The van der Waals surface area contributed by atoms with Crippen LogP contribution in [0.2, 0.25) is 0 Å². The first-order valence-electron chi connectivity index (χ1n) is 5.17. The van der Waals surface area contributed by atoms with Crippen molar-refractivity contribution in [1.29, 1.82) is 0 Å². The third kappa shape index (κ3) is 2.76. The second kappa shape index (κ2) is 5.30. The second-order valence-corrected chi connectivity index (χ2v) is 3.52. The van der Waals surface area contributed by atoms with Crippen LogP contribution in [-0.2, 0) is 0 Å². The Bertz CT molecular complexity index is 615. The highest BCUT2D eigenvalue weighted by Crippen LogP contribution is 2.25. The Morgan fingerprint density at radius 1 is 1.26 bits per heavy atom. The van der Waals surface area contributed by atoms with Crippen LogP contribution >= 0.6 is 0 Å². The Balaban J connectivity index is 2.22. The highest BCUT2D eigenvalue weighted by atomic mass is 19.2. The van der Waals surface area contributed by atoms with Gasteiger partial charge >= 0.3 is 0 Å². The molecule has 7 heteroatoms. The number of hydrogen-bond donors (Lipinski definition) is 2. The Kier molecular flexibility index (Phi) is 3.56. The van der Waals surface area contributed by atoms with Crippen molar-refractivity contribution in [1.82, 2.24) is 4.98 Å². The zero-order chi connectivity index (χ0) is 13.8. The molecule has 0 aliphatic carbocycles. The lowest BCUT2D eigenvalue weighted by molar-refractivity contribution is 0.318. The van der Waals surface area contributed by atoms with E-state index in [1.807, 2.05) is 0 Å². The van der Waals surface area contributed by atoms with Crippen LogP contribution in [0.3, 0.4) is 0 Å². The number of nitrogens with two attached hydrogens (primary N) is 1. The smallest absolute Gasteiger partial charge is 0.201 e. The molecule has 19 heavy (non-hydrogen) atoms. The largest absolute Gasteiger partial charge is 0.453 e. The quantitative estimate of drug-likeness (QED) is 0.386. The number of halogens is 2. The van der Waals surface area contributed by atoms with Gasteiger partial charge in [0.05, 0.1) is 6.20 Å². The number of ether oxygens (including phenoxy) is 1. The lowest BCUT2D eigenvalue weighted by atomic mass is 10.3. The van der Waals surface area contributed by atoms with Gasteiger partial charge in [0.25, 0.3) is 0 Å². The molecule has 0 amide bonds. The first-order valence-corrected chi connectivity index (χ1v) is 5.17. The van der Waals surface area contributed by atoms with Crippen LogP contribution in [0.5, 0.6) is 11.5 Å². The topological polar surface area (TPSA) is 80.7 Å². The minimum absolute atomic E-state index is 0.163. The number of oxime groups is 1. The van der Waals surface area contributed by atoms with Gasteiger partial charge in [0.2, 0.25) is 5.82 Å². The van der Waals surface area contributed by atoms with Gasteiger partial charge in [-0.3, -0.25) is 0 Å². The molecule has 0 fully saturated rings. The summed E-state index contributed by atoms with van der Waals surface area (Å²) in [6.45, 7) is 0. The summed E-state index contributed by atoms with van der Waals surface area (Å²) in [7, 11) is 0. The van der Waals surface area contributed by atoms with Crippen LogP contribution in [0.15, 0.2) is 41.7 Å². The SMILES string of the molecule is N/C(=N/O)c1ccc(Oc2cccc(F)c2F)cn1. The second-order valence-electron chi connectivity index (χ2n) is 3.52. The van der Waals surface area contributed by atoms with E-state index in [0.717, 1.165) is 6.07 Å². The van der Waals surface area contributed by atoms with Crippen molar-refractivity contribution in [3.8, 4) is 11.5 Å². The molecule has 2 aromatic rings. The molecule has 98 valence electrons. The summed E-state index contributed by atoms with van der Waals surface area (Å²) in [6.07, 6.45) is 1.25. The van der Waals surface area contributed by atoms with Crippen LogP contribution in [-0.4, -0.2) is 16.0 Å². The number of benzene rings is 1. The molecule has 5 nitrogen and oxygen atoms in total. The maximum absolute atomic E-state index is 13.4. The molecule has 3 N–H and O–H groups in total. The minimum Gasteiger partial charge on any atom is -0.453 e. The fourth-order valence-electron chi connectivity index (χ4n) is 1.33. The Morgan fingerprint density at radius 2 is 2.05 bits per heavy atom. The summed E-state index contributed by atoms with van der Waals surface area (Å²) in [4.78, 5) is 3.84. The van der Waals surface area contributed by atoms with Crippen LogP contribution in [0, 0.1) is 11.6 Å². The number of nitrogens with zero attached hydrogens (tertiary/aromatic N) is 2. The summed E-state index contributed by atoms with van der Waals surface area (Å²) < 4.78 is 31.5. The molecule has 0 bridgehead atoms. The Hall–Kier alpha value is -2.70. The van der Waals surface area contributed by atoms with Crippen molar-refractivity contribution in [3.05, 3.63) is 53.9 Å². The van der Waals surface area contributed by atoms with E-state index in [4.69, 9.17) is 15.7 Å². The zero-order valence-electron chi connectivity index (χ0n) is 9.55. The van der Waals surface area contributed by atoms with Crippen molar-refractivity contribution in [2.45, 2.75) is 0 Å². The number of amidine groups is 1. The van der Waals surface area contributed by atoms with E-state index >= 15 is 0 Å². The molecule has 0 aliphatic rings. The average Bonchev–Trinajstić information content (AvgIpc) is 2.44. The summed E-state index contributed by atoms with van der Waals surface area (Å²) in [5.41, 5.74) is 5.56. The Labute approximate surface area is 107 Å². The van der Waals surface area contributed by atoms with Gasteiger partial charge in [-0.25, -0.2) is 9.37 Å². The van der Waals surface area contributed by atoms with Crippen LogP contribution in [0.4, 0.5) is 8.78 Å². The predicted octanol–water partition coefficient (Wildman–Crippen LogP) is 2.25. The molecule has 0 atom stereocenters. The third-order valence-electron chi connectivity index (χ3n) is 2.25. The van der Waals surface area contributed by atoms with E-state index < -0.39 is 11.6 Å². The highest BCUT2D eigenvalue weighted by Gasteiger charge is 2.10. The van der Waals surface area contributed by atoms with Gasteiger partial charge in [0.15, 0.2) is 17.4 Å². The van der Waals surface area contributed by atoms with Gasteiger partial charge in [-0.1, -0.05) is 11.2 Å². The lowest BCUT2D eigenvalue weighted by Gasteiger charge is -2.07. The lowest BCUT2D eigenvalue weighted by Crippen LogP contribution is -2.14. The Morgan fingerprint density at radius 3 is 2.68 bits per heavy atom. The molecule has 2 rings (SSSR count). The standard InChI is InChI=1S/C12H9F2N3O2/c13-8-2-1-3-10(11(8)14)19-7-4-5-9(16-6-7)12(15)17-18/h1-6,18H,(H2,15,17). The van der Waals surface area contributed by atoms with Crippen molar-refractivity contribution in [3.63, 3.8) is 0 Å². The molecular formula is C12H9F2N3O2. The van der Waals surface area contributed by atoms with Gasteiger partial charge in [-0.2, -0.15) is 4.39 Å². The van der Waals surface area contributed by atoms with E-state index in [9.17, 15) is 8.78 Å². The first kappa shape index (κ1) is 12.7. The van der Waals surface area contributed by atoms with Crippen LogP contribution < -0.4 is 10.5 Å². The maximum Gasteiger partial charge on any atom is 0.201 e. The van der Waals surface area contributed by atoms with Crippen molar-refractivity contribution in [2.75, 3.05) is 0 Å². The van der Waals surface area contributed by atoms with Gasteiger partial charge in [-0.15, -0.1) is 0 Å². The number of rotatable bonds is 3. The molecule has 0 spiro atoms. The zero-order valence-corrected chi connectivity index (χ0v) is 9.55. The van der Waals surface area contributed by atoms with Crippen molar-refractivity contribution >= 4 is 5.84 Å². The molecule has 1 aromatic heterocycles. The van der Waals surface area contributed by atoms with E-state index in [-0.39, 0.29) is 23.0 Å². The molecule has 0 aliphatic heterocycles. The van der Waals surface area contributed by atoms with Crippen molar-refractivity contribution < 1.29 is 18.7 Å². The maximum atomic E-state index is 13.4. The molecule has 0 saturated heterocycles. The van der Waals surface area contributed by atoms with E-state index in [2.05, 4.69) is 10.1 Å². The summed E-state index contributed by atoms with van der Waals surface area (Å²) in [6, 6.07) is 6.45. The first-order chi connectivity index (χ1) is 9.11. The number of hydrogen-bond acceptors (Lipinski definition) is 4. The van der Waals surface area contributed by atoms with Gasteiger partial charge in [0.1, 0.15) is 11.4 Å². The van der Waals surface area contributed by atoms with E-state index in [1.165, 1.54) is 30.5 Å². The fraction of sp³-hybridized carbons (Fsp3) is 0. The third-order valence-corrected chi connectivity index (χ3v) is 2.25. The molecule has 1 aromatic carbocycles. The van der Waals surface area contributed by atoms with Crippen LogP contribution in [0.1, 0.15) is 5.69 Å². The van der Waals surface area contributed by atoms with E-state index in [1.54, 1.807) is 0 Å². The minimum atomic E-state index is -1.08. The van der Waals surface area contributed by atoms with Gasteiger partial charge in [-0.05, 0) is 24.3 Å². The molecular weight excluding hydrogens is 256 g/mol. The summed E-state index contributed by atoms with van der Waals surface area (Å²) >= 11 is 0. The molecule has 0 radical (unpaired) electrons. The van der Waals surface area contributed by atoms with Crippen LogP contribution in [0.25, 0.3) is 0 Å². The fourth-order valence-corrected chi connectivity index (χ4v) is 1.33. The highest BCUT2D eigenvalue weighted by molar-refractivity contribution is 5.95. The summed E-state index contributed by atoms with van der Waals surface area (Å²) in [5, 5.41) is 11.2. The van der Waals surface area contributed by atoms with Crippen molar-refractivity contribution in [2.24, 2.45) is 10.9 Å². The average molecular weight is 265 g/mol. The number of aromatic nitrogens is 1. The van der Waals surface area contributed by atoms with Gasteiger partial charge in [0, 0.05) is 0 Å². The monoisotopic (exact) mass is 265 g/mol. The molecule has 1 heterocycles. The molecule has 0 saturated carbocycles. The molecule has 0 unspecified atom stereocenters. The number of pyridine rings is 1. The normalized spacial score (nSPS) is 11.4. The van der Waals surface area contributed by atoms with E-state index in [0.29, 0.717) is 0 Å².